The predicted molar refractivity (Wildman–Crippen MR) is 59.2 cm³/mol. The molecule has 0 aliphatic carbocycles. The van der Waals surface area contributed by atoms with Crippen LogP contribution in [0.25, 0.3) is 0 Å². The molecule has 82 valence electrons. The molecular weight excluding hydrogens is 192 g/mol. The Kier molecular flexibility index (Phi) is 3.08. The minimum Gasteiger partial charge on any atom is -0.493 e. The van der Waals surface area contributed by atoms with Gasteiger partial charge in [-0.25, -0.2) is 0 Å². The maximum atomic E-state index is 9.30. The molecule has 1 aromatic rings. The standard InChI is InChI=1S/C11H16N2O2/c12-6-10(14)7-13-9-1-2-11-8(5-9)3-4-15-11/h1-2,5,10,13-14H,3-4,6-7,12H2. The van der Waals surface area contributed by atoms with Crippen LogP contribution in [0.15, 0.2) is 18.2 Å². The molecule has 4 heteroatoms. The Morgan fingerprint density at radius 2 is 2.40 bits per heavy atom. The lowest BCUT2D eigenvalue weighted by Crippen LogP contribution is -2.27. The van der Waals surface area contributed by atoms with E-state index in [-0.39, 0.29) is 6.54 Å². The Morgan fingerprint density at radius 3 is 3.20 bits per heavy atom. The second-order valence-electron chi connectivity index (χ2n) is 3.69. The zero-order valence-electron chi connectivity index (χ0n) is 8.57. The maximum absolute atomic E-state index is 9.30. The van der Waals surface area contributed by atoms with Crippen LogP contribution in [-0.4, -0.2) is 30.9 Å². The van der Waals surface area contributed by atoms with E-state index in [2.05, 4.69) is 11.4 Å². The van der Waals surface area contributed by atoms with Crippen LogP contribution in [0.2, 0.25) is 0 Å². The molecule has 1 unspecified atom stereocenters. The van der Waals surface area contributed by atoms with Crippen LogP contribution in [0.4, 0.5) is 5.69 Å². The summed E-state index contributed by atoms with van der Waals surface area (Å²) >= 11 is 0. The Balaban J connectivity index is 1.98. The van der Waals surface area contributed by atoms with Gasteiger partial charge in [-0.05, 0) is 23.8 Å². The summed E-state index contributed by atoms with van der Waals surface area (Å²) in [6.45, 7) is 1.53. The van der Waals surface area contributed by atoms with Gasteiger partial charge in [0.25, 0.3) is 0 Å². The summed E-state index contributed by atoms with van der Waals surface area (Å²) in [5.74, 6) is 0.972. The molecular formula is C11H16N2O2. The van der Waals surface area contributed by atoms with Gasteiger partial charge in [0.05, 0.1) is 12.7 Å². The van der Waals surface area contributed by atoms with E-state index in [1.54, 1.807) is 0 Å². The van der Waals surface area contributed by atoms with Crippen molar-refractivity contribution in [3.05, 3.63) is 23.8 Å². The molecule has 0 saturated heterocycles. The van der Waals surface area contributed by atoms with E-state index in [4.69, 9.17) is 10.5 Å². The molecule has 0 radical (unpaired) electrons. The van der Waals surface area contributed by atoms with Gasteiger partial charge in [-0.1, -0.05) is 0 Å². The number of nitrogens with one attached hydrogen (secondary N) is 1. The molecule has 0 spiro atoms. The highest BCUT2D eigenvalue weighted by molar-refractivity contribution is 5.52. The molecule has 1 heterocycles. The maximum Gasteiger partial charge on any atom is 0.122 e. The van der Waals surface area contributed by atoms with Crippen molar-refractivity contribution in [2.24, 2.45) is 5.73 Å². The minimum absolute atomic E-state index is 0.279. The van der Waals surface area contributed by atoms with Crippen LogP contribution < -0.4 is 15.8 Å². The van der Waals surface area contributed by atoms with Crippen molar-refractivity contribution >= 4 is 5.69 Å². The predicted octanol–water partition coefficient (Wildman–Crippen LogP) is 0.353. The molecule has 1 aliphatic heterocycles. The van der Waals surface area contributed by atoms with Crippen LogP contribution in [0.5, 0.6) is 5.75 Å². The number of ether oxygens (including phenoxy) is 1. The topological polar surface area (TPSA) is 67.5 Å². The Morgan fingerprint density at radius 1 is 1.53 bits per heavy atom. The first-order valence-electron chi connectivity index (χ1n) is 5.17. The molecule has 0 aromatic heterocycles. The normalized spacial score (nSPS) is 15.6. The van der Waals surface area contributed by atoms with Crippen molar-refractivity contribution in [2.45, 2.75) is 12.5 Å². The number of nitrogens with two attached hydrogens (primary N) is 1. The molecule has 1 aliphatic rings. The van der Waals surface area contributed by atoms with Crippen molar-refractivity contribution < 1.29 is 9.84 Å². The number of hydrogen-bond acceptors (Lipinski definition) is 4. The molecule has 1 atom stereocenters. The SMILES string of the molecule is NCC(O)CNc1ccc2c(c1)CCO2. The van der Waals surface area contributed by atoms with Crippen molar-refractivity contribution in [2.75, 3.05) is 25.0 Å². The number of hydrogen-bond donors (Lipinski definition) is 3. The van der Waals surface area contributed by atoms with Gasteiger partial charge in [0.2, 0.25) is 0 Å². The average Bonchev–Trinajstić information content (AvgIpc) is 2.72. The van der Waals surface area contributed by atoms with Crippen LogP contribution >= 0.6 is 0 Å². The molecule has 4 nitrogen and oxygen atoms in total. The summed E-state index contributed by atoms with van der Waals surface area (Å²) in [6.07, 6.45) is 0.471. The van der Waals surface area contributed by atoms with Gasteiger partial charge in [0.1, 0.15) is 5.75 Å². The monoisotopic (exact) mass is 208 g/mol. The molecule has 1 aromatic carbocycles. The fourth-order valence-electron chi connectivity index (χ4n) is 1.62. The second kappa shape index (κ2) is 4.51. The number of aliphatic hydroxyl groups excluding tert-OH is 1. The number of anilines is 1. The highest BCUT2D eigenvalue weighted by atomic mass is 16.5. The van der Waals surface area contributed by atoms with E-state index in [0.29, 0.717) is 6.54 Å². The Hall–Kier alpha value is -1.26. The first-order chi connectivity index (χ1) is 7.29. The zero-order valence-corrected chi connectivity index (χ0v) is 8.57. The third-order valence-corrected chi connectivity index (χ3v) is 2.50. The summed E-state index contributed by atoms with van der Waals surface area (Å²) in [7, 11) is 0. The van der Waals surface area contributed by atoms with Crippen LogP contribution in [-0.2, 0) is 6.42 Å². The summed E-state index contributed by atoms with van der Waals surface area (Å²) < 4.78 is 5.40. The van der Waals surface area contributed by atoms with Gasteiger partial charge >= 0.3 is 0 Å². The Labute approximate surface area is 89.0 Å². The molecule has 0 fully saturated rings. The van der Waals surface area contributed by atoms with Crippen molar-refractivity contribution in [3.8, 4) is 5.75 Å². The molecule has 0 bridgehead atoms. The summed E-state index contributed by atoms with van der Waals surface area (Å²) in [4.78, 5) is 0. The zero-order chi connectivity index (χ0) is 10.7. The molecule has 4 N–H and O–H groups in total. The average molecular weight is 208 g/mol. The molecule has 2 rings (SSSR count). The lowest BCUT2D eigenvalue weighted by molar-refractivity contribution is 0.196. The fraction of sp³-hybridized carbons (Fsp3) is 0.455. The van der Waals surface area contributed by atoms with E-state index < -0.39 is 6.10 Å². The van der Waals surface area contributed by atoms with Crippen LogP contribution in [0, 0.1) is 0 Å². The number of aliphatic hydroxyl groups is 1. The van der Waals surface area contributed by atoms with Gasteiger partial charge in [-0.15, -0.1) is 0 Å². The first kappa shape index (κ1) is 10.3. The summed E-state index contributed by atoms with van der Waals surface area (Å²) in [5.41, 5.74) is 7.55. The first-order valence-corrected chi connectivity index (χ1v) is 5.17. The third kappa shape index (κ3) is 2.40. The lowest BCUT2D eigenvalue weighted by Gasteiger charge is -2.11. The van der Waals surface area contributed by atoms with Gasteiger partial charge < -0.3 is 20.9 Å². The smallest absolute Gasteiger partial charge is 0.122 e. The fourth-order valence-corrected chi connectivity index (χ4v) is 1.62. The lowest BCUT2D eigenvalue weighted by atomic mass is 10.1. The van der Waals surface area contributed by atoms with Gasteiger partial charge in [0, 0.05) is 25.2 Å². The molecule has 0 amide bonds. The molecule has 0 saturated carbocycles. The van der Waals surface area contributed by atoms with Crippen molar-refractivity contribution in [3.63, 3.8) is 0 Å². The molecule has 15 heavy (non-hydrogen) atoms. The quantitative estimate of drug-likeness (QED) is 0.668. The van der Waals surface area contributed by atoms with E-state index in [1.165, 1.54) is 5.56 Å². The largest absolute Gasteiger partial charge is 0.493 e. The summed E-state index contributed by atoms with van der Waals surface area (Å²) in [5, 5.41) is 12.4. The minimum atomic E-state index is -0.491. The summed E-state index contributed by atoms with van der Waals surface area (Å²) in [6, 6.07) is 5.97. The van der Waals surface area contributed by atoms with E-state index in [9.17, 15) is 5.11 Å². The van der Waals surface area contributed by atoms with Gasteiger partial charge in [-0.2, -0.15) is 0 Å². The van der Waals surface area contributed by atoms with Crippen molar-refractivity contribution in [1.82, 2.24) is 0 Å². The van der Waals surface area contributed by atoms with E-state index >= 15 is 0 Å². The van der Waals surface area contributed by atoms with Gasteiger partial charge in [0.15, 0.2) is 0 Å². The van der Waals surface area contributed by atoms with Crippen LogP contribution in [0.1, 0.15) is 5.56 Å². The number of rotatable bonds is 4. The van der Waals surface area contributed by atoms with Crippen molar-refractivity contribution in [1.29, 1.82) is 0 Å². The Bertz CT molecular complexity index is 341. The van der Waals surface area contributed by atoms with Crippen LogP contribution in [0.3, 0.4) is 0 Å². The second-order valence-corrected chi connectivity index (χ2v) is 3.69. The number of fused-ring (bicyclic) bond motifs is 1. The highest BCUT2D eigenvalue weighted by Crippen LogP contribution is 2.27. The van der Waals surface area contributed by atoms with E-state index in [0.717, 1.165) is 24.5 Å². The van der Waals surface area contributed by atoms with E-state index in [1.807, 2.05) is 12.1 Å². The number of benzene rings is 1. The van der Waals surface area contributed by atoms with Gasteiger partial charge in [-0.3, -0.25) is 0 Å². The third-order valence-electron chi connectivity index (χ3n) is 2.50. The highest BCUT2D eigenvalue weighted by Gasteiger charge is 2.11.